The second kappa shape index (κ2) is 5.82. The van der Waals surface area contributed by atoms with E-state index in [9.17, 15) is 23.1 Å². The van der Waals surface area contributed by atoms with Crippen molar-refractivity contribution in [1.82, 2.24) is 4.72 Å². The molecule has 1 heterocycles. The maximum Gasteiger partial charge on any atom is 0.322 e. The number of carboxylic acid groups (broad SMARTS) is 1. The zero-order chi connectivity index (χ0) is 18.5. The minimum atomic E-state index is -4.08. The van der Waals surface area contributed by atoms with Crippen molar-refractivity contribution in [1.29, 1.82) is 0 Å². The van der Waals surface area contributed by atoms with Crippen molar-refractivity contribution in [2.24, 2.45) is 5.92 Å². The Bertz CT molecular complexity index is 998. The van der Waals surface area contributed by atoms with E-state index in [4.69, 9.17) is 0 Å². The van der Waals surface area contributed by atoms with Crippen molar-refractivity contribution in [3.63, 3.8) is 0 Å². The third-order valence-electron chi connectivity index (χ3n) is 4.38. The first kappa shape index (κ1) is 17.4. The van der Waals surface area contributed by atoms with Gasteiger partial charge in [0.2, 0.25) is 10.0 Å². The molecule has 0 aromatic heterocycles. The van der Waals surface area contributed by atoms with Crippen LogP contribution >= 0.6 is 0 Å². The van der Waals surface area contributed by atoms with E-state index >= 15 is 0 Å². The molecule has 1 amide bonds. The van der Waals surface area contributed by atoms with Gasteiger partial charge in [0.15, 0.2) is 0 Å². The predicted octanol–water partition coefficient (Wildman–Crippen LogP) is 1.82. The number of carbonyl (C=O) groups excluding carboxylic acids is 1. The molecule has 0 aliphatic carbocycles. The molecule has 2 N–H and O–H groups in total. The molecule has 2 aromatic rings. The normalized spacial score (nSPS) is 15.2. The van der Waals surface area contributed by atoms with Crippen LogP contribution in [0.1, 0.15) is 24.2 Å². The molecule has 0 unspecified atom stereocenters. The third-order valence-corrected chi connectivity index (χ3v) is 5.88. The van der Waals surface area contributed by atoms with Gasteiger partial charge in [0.25, 0.3) is 5.91 Å². The van der Waals surface area contributed by atoms with Gasteiger partial charge >= 0.3 is 5.97 Å². The van der Waals surface area contributed by atoms with Gasteiger partial charge in [0.05, 0.1) is 10.6 Å². The molecule has 8 heteroatoms. The lowest BCUT2D eigenvalue weighted by Crippen LogP contribution is -2.44. The minimum absolute atomic E-state index is 0.0388. The number of amides is 1. The van der Waals surface area contributed by atoms with E-state index in [-0.39, 0.29) is 10.8 Å². The number of hydrogen-bond donors (Lipinski definition) is 2. The summed E-state index contributed by atoms with van der Waals surface area (Å²) in [5, 5.41) is 10.2. The van der Waals surface area contributed by atoms with Crippen LogP contribution in [0.25, 0.3) is 10.8 Å². The Morgan fingerprint density at radius 2 is 1.88 bits per heavy atom. The Hall–Kier alpha value is -2.45. The molecular formula is C17H18N2O5S. The van der Waals surface area contributed by atoms with Gasteiger partial charge in [-0.05, 0) is 24.1 Å². The summed E-state index contributed by atoms with van der Waals surface area (Å²) in [7, 11) is -2.45. The fourth-order valence-corrected chi connectivity index (χ4v) is 4.59. The third kappa shape index (κ3) is 2.67. The fourth-order valence-electron chi connectivity index (χ4n) is 3.05. The van der Waals surface area contributed by atoms with Crippen LogP contribution in [-0.4, -0.2) is 38.5 Å². The highest BCUT2D eigenvalue weighted by Crippen LogP contribution is 2.39. The molecule has 3 rings (SSSR count). The lowest BCUT2D eigenvalue weighted by atomic mass is 10.1. The number of nitrogens with one attached hydrogen (secondary N) is 1. The summed E-state index contributed by atoms with van der Waals surface area (Å²) in [6.07, 6.45) is 0. The summed E-state index contributed by atoms with van der Waals surface area (Å²) in [5.41, 5.74) is 1.07. The van der Waals surface area contributed by atoms with E-state index in [1.54, 1.807) is 45.2 Å². The molecule has 25 heavy (non-hydrogen) atoms. The highest BCUT2D eigenvalue weighted by molar-refractivity contribution is 7.89. The van der Waals surface area contributed by atoms with Crippen molar-refractivity contribution in [3.05, 3.63) is 35.9 Å². The maximum atomic E-state index is 12.8. The number of carboxylic acids is 1. The van der Waals surface area contributed by atoms with Gasteiger partial charge in [-0.3, -0.25) is 9.59 Å². The van der Waals surface area contributed by atoms with Crippen LogP contribution in [0.5, 0.6) is 0 Å². The Labute approximate surface area is 145 Å². The molecule has 0 saturated carbocycles. The molecule has 0 fully saturated rings. The number of aliphatic carboxylic acids is 1. The molecule has 0 saturated heterocycles. The maximum absolute atomic E-state index is 12.8. The van der Waals surface area contributed by atoms with Crippen LogP contribution in [0.2, 0.25) is 0 Å². The van der Waals surface area contributed by atoms with Crippen molar-refractivity contribution in [2.45, 2.75) is 24.8 Å². The van der Waals surface area contributed by atoms with Gasteiger partial charge < -0.3 is 10.0 Å². The molecule has 2 aromatic carbocycles. The SMILES string of the molecule is CC(C)[C@@H](NS(=O)(=O)c1ccc2c3c(cccc13)C(=O)N2C)C(=O)O. The average molecular weight is 362 g/mol. The summed E-state index contributed by atoms with van der Waals surface area (Å²) in [5.74, 6) is -1.86. The first-order valence-corrected chi connectivity index (χ1v) is 9.22. The molecule has 132 valence electrons. The first-order valence-electron chi connectivity index (χ1n) is 7.74. The largest absolute Gasteiger partial charge is 0.480 e. The zero-order valence-corrected chi connectivity index (χ0v) is 14.8. The van der Waals surface area contributed by atoms with Gasteiger partial charge in [-0.2, -0.15) is 4.72 Å². The second-order valence-electron chi connectivity index (χ2n) is 6.36. The van der Waals surface area contributed by atoms with Crippen molar-refractivity contribution in [3.8, 4) is 0 Å². The predicted molar refractivity (Wildman–Crippen MR) is 93.3 cm³/mol. The van der Waals surface area contributed by atoms with Crippen LogP contribution in [0.4, 0.5) is 5.69 Å². The number of rotatable bonds is 5. The van der Waals surface area contributed by atoms with E-state index in [1.807, 2.05) is 0 Å². The van der Waals surface area contributed by atoms with Gasteiger partial charge in [-0.25, -0.2) is 8.42 Å². The van der Waals surface area contributed by atoms with Crippen LogP contribution < -0.4 is 9.62 Å². The van der Waals surface area contributed by atoms with E-state index < -0.39 is 28.0 Å². The van der Waals surface area contributed by atoms with Gasteiger partial charge in [0.1, 0.15) is 6.04 Å². The number of anilines is 1. The second-order valence-corrected chi connectivity index (χ2v) is 8.04. The van der Waals surface area contributed by atoms with E-state index in [1.165, 1.54) is 11.0 Å². The summed E-state index contributed by atoms with van der Waals surface area (Å²) in [6, 6.07) is 6.62. The van der Waals surface area contributed by atoms with Crippen LogP contribution in [0.3, 0.4) is 0 Å². The van der Waals surface area contributed by atoms with Gasteiger partial charge in [-0.1, -0.05) is 26.0 Å². The van der Waals surface area contributed by atoms with Crippen molar-refractivity contribution < 1.29 is 23.1 Å². The summed E-state index contributed by atoms with van der Waals surface area (Å²) in [6.45, 7) is 3.25. The highest BCUT2D eigenvalue weighted by Gasteiger charge is 2.32. The molecule has 1 aliphatic heterocycles. The molecular weight excluding hydrogens is 344 g/mol. The topological polar surface area (TPSA) is 104 Å². The standard InChI is InChI=1S/C17H18N2O5S/c1-9(2)15(17(21)22)18-25(23,24)13-8-7-12-14-10(13)5-4-6-11(14)16(20)19(12)3/h4-9,15,18H,1-3H3,(H,21,22)/t15-/m1/s1. The van der Waals surface area contributed by atoms with Gasteiger partial charge in [0, 0.05) is 23.4 Å². The first-order chi connectivity index (χ1) is 11.6. The minimum Gasteiger partial charge on any atom is -0.480 e. The number of nitrogens with zero attached hydrogens (tertiary/aromatic N) is 1. The monoisotopic (exact) mass is 362 g/mol. The Morgan fingerprint density at radius 1 is 1.20 bits per heavy atom. The number of benzene rings is 2. The summed E-state index contributed by atoms with van der Waals surface area (Å²) >= 11 is 0. The molecule has 0 bridgehead atoms. The van der Waals surface area contributed by atoms with Crippen LogP contribution in [-0.2, 0) is 14.8 Å². The zero-order valence-electron chi connectivity index (χ0n) is 14.0. The van der Waals surface area contributed by atoms with Crippen LogP contribution in [0, 0.1) is 5.92 Å². The molecule has 0 spiro atoms. The quantitative estimate of drug-likeness (QED) is 0.844. The summed E-state index contributed by atoms with van der Waals surface area (Å²) in [4.78, 5) is 25.0. The molecule has 1 atom stereocenters. The summed E-state index contributed by atoms with van der Waals surface area (Å²) < 4.78 is 27.9. The smallest absolute Gasteiger partial charge is 0.322 e. The number of hydrogen-bond acceptors (Lipinski definition) is 4. The van der Waals surface area contributed by atoms with E-state index in [0.29, 0.717) is 22.0 Å². The van der Waals surface area contributed by atoms with Crippen molar-refractivity contribution in [2.75, 3.05) is 11.9 Å². The van der Waals surface area contributed by atoms with E-state index in [0.717, 1.165) is 0 Å². The highest BCUT2D eigenvalue weighted by atomic mass is 32.2. The van der Waals surface area contributed by atoms with Gasteiger partial charge in [-0.15, -0.1) is 0 Å². The Morgan fingerprint density at radius 3 is 2.48 bits per heavy atom. The number of carbonyl (C=O) groups is 2. The number of sulfonamides is 1. The van der Waals surface area contributed by atoms with E-state index in [2.05, 4.69) is 4.72 Å². The Kier molecular flexibility index (Phi) is 4.04. The average Bonchev–Trinajstić information content (AvgIpc) is 2.79. The molecule has 7 nitrogen and oxygen atoms in total. The molecule has 1 aliphatic rings. The molecule has 0 radical (unpaired) electrons. The fraction of sp³-hybridized carbons (Fsp3) is 0.294. The lowest BCUT2D eigenvalue weighted by Gasteiger charge is -2.19. The van der Waals surface area contributed by atoms with Crippen LogP contribution in [0.15, 0.2) is 35.2 Å². The Balaban J connectivity index is 2.18. The van der Waals surface area contributed by atoms with Crippen molar-refractivity contribution >= 4 is 38.4 Å². The lowest BCUT2D eigenvalue weighted by molar-refractivity contribution is -0.140.